The molecule has 0 aliphatic heterocycles. The largest absolute Gasteiger partial charge is 0.391 e. The zero-order valence-corrected chi connectivity index (χ0v) is 21.3. The summed E-state index contributed by atoms with van der Waals surface area (Å²) in [6, 6.07) is 3.98. The second kappa shape index (κ2) is 13.8. The Morgan fingerprint density at radius 3 is 2.23 bits per heavy atom. The number of nitrogen functional groups attached to an aromatic ring is 1. The van der Waals surface area contributed by atoms with Gasteiger partial charge in [-0.15, -0.1) is 0 Å². The molecule has 0 heterocycles. The third-order valence-electron chi connectivity index (χ3n) is 5.05. The van der Waals surface area contributed by atoms with Crippen LogP contribution in [-0.2, 0) is 31.0 Å². The molecule has 0 fully saturated rings. The van der Waals surface area contributed by atoms with E-state index in [0.717, 1.165) is 0 Å². The summed E-state index contributed by atoms with van der Waals surface area (Å²) in [5, 5.41) is 22.6. The molecule has 3 amide bonds. The van der Waals surface area contributed by atoms with Gasteiger partial charge in [0.1, 0.15) is 17.9 Å². The topological polar surface area (TPSA) is 195 Å². The number of nitrogens with two attached hydrogens (primary N) is 1. The molecular formula is C22H36N6O6S. The Bertz CT molecular complexity index is 994. The standard InChI is InChI=1S/C22H36N6O6S/c1-5-12-35(33,34)27-19(14(2)29)22(32)26-17(10-11-18(30)28(3)4)21(31)25-13-15-6-8-16(9-7-15)20(23)24/h6-9,14,17,19,27,29H,5,10-13H2,1-4H3,(H3,23,24)(H,25,31)(H,26,32). The van der Waals surface area contributed by atoms with Crippen molar-refractivity contribution >= 4 is 33.6 Å². The lowest BCUT2D eigenvalue weighted by atomic mass is 10.1. The van der Waals surface area contributed by atoms with E-state index in [9.17, 15) is 27.9 Å². The maximum absolute atomic E-state index is 12.9. The van der Waals surface area contributed by atoms with Crippen molar-refractivity contribution in [1.29, 1.82) is 5.41 Å². The highest BCUT2D eigenvalue weighted by molar-refractivity contribution is 7.89. The summed E-state index contributed by atoms with van der Waals surface area (Å²) in [6.07, 6.45) is -1.13. The van der Waals surface area contributed by atoms with Crippen LogP contribution in [0.5, 0.6) is 0 Å². The minimum absolute atomic E-state index is 0.0356. The van der Waals surface area contributed by atoms with Crippen LogP contribution in [0.25, 0.3) is 0 Å². The zero-order valence-electron chi connectivity index (χ0n) is 20.5. The first-order chi connectivity index (χ1) is 16.3. The highest BCUT2D eigenvalue weighted by Gasteiger charge is 2.31. The van der Waals surface area contributed by atoms with Gasteiger partial charge in [-0.3, -0.25) is 19.8 Å². The SMILES string of the molecule is CCCS(=O)(=O)NC(C(=O)NC(CCC(=O)N(C)C)C(=O)NCc1ccc(C(=N)N)cc1)C(C)O. The molecular weight excluding hydrogens is 476 g/mol. The normalized spacial score (nSPS) is 13.9. The fraction of sp³-hybridized carbons (Fsp3) is 0.545. The summed E-state index contributed by atoms with van der Waals surface area (Å²) < 4.78 is 26.4. The molecule has 3 atom stereocenters. The zero-order chi connectivity index (χ0) is 26.8. The molecule has 0 aliphatic carbocycles. The number of aliphatic hydroxyl groups is 1. The lowest BCUT2D eigenvalue weighted by molar-refractivity contribution is -0.133. The monoisotopic (exact) mass is 512 g/mol. The Morgan fingerprint density at radius 1 is 1.14 bits per heavy atom. The summed E-state index contributed by atoms with van der Waals surface area (Å²) in [4.78, 5) is 39.1. The van der Waals surface area contributed by atoms with Crippen LogP contribution in [0, 0.1) is 5.41 Å². The third kappa shape index (κ3) is 10.4. The van der Waals surface area contributed by atoms with Gasteiger partial charge in [-0.25, -0.2) is 13.1 Å². The van der Waals surface area contributed by atoms with Crippen molar-refractivity contribution in [2.24, 2.45) is 5.73 Å². The van der Waals surface area contributed by atoms with Gasteiger partial charge >= 0.3 is 0 Å². The van der Waals surface area contributed by atoms with Crippen LogP contribution < -0.4 is 21.1 Å². The number of rotatable bonds is 14. The van der Waals surface area contributed by atoms with Gasteiger partial charge in [0.25, 0.3) is 0 Å². The molecule has 0 aromatic heterocycles. The van der Waals surface area contributed by atoms with Crippen LogP contribution in [-0.4, -0.2) is 80.0 Å². The minimum Gasteiger partial charge on any atom is -0.391 e. The number of carbonyl (C=O) groups excluding carboxylic acids is 3. The molecule has 0 saturated heterocycles. The molecule has 0 radical (unpaired) electrons. The van der Waals surface area contributed by atoms with Gasteiger partial charge in [0.2, 0.25) is 27.7 Å². The van der Waals surface area contributed by atoms with E-state index in [1.165, 1.54) is 11.8 Å². The van der Waals surface area contributed by atoms with E-state index in [1.807, 2.05) is 0 Å². The predicted octanol–water partition coefficient (Wildman–Crippen LogP) is -0.981. The minimum atomic E-state index is -3.83. The van der Waals surface area contributed by atoms with E-state index in [2.05, 4.69) is 15.4 Å². The average Bonchev–Trinajstić information content (AvgIpc) is 2.78. The van der Waals surface area contributed by atoms with Crippen molar-refractivity contribution in [1.82, 2.24) is 20.3 Å². The Kier molecular flexibility index (Phi) is 11.8. The van der Waals surface area contributed by atoms with Crippen molar-refractivity contribution in [3.8, 4) is 0 Å². The lowest BCUT2D eigenvalue weighted by Gasteiger charge is -2.25. The van der Waals surface area contributed by atoms with Crippen LogP contribution in [0.15, 0.2) is 24.3 Å². The van der Waals surface area contributed by atoms with Gasteiger partial charge in [-0.1, -0.05) is 31.2 Å². The molecule has 12 nitrogen and oxygen atoms in total. The number of nitrogens with zero attached hydrogens (tertiary/aromatic N) is 1. The predicted molar refractivity (Wildman–Crippen MR) is 132 cm³/mol. The van der Waals surface area contributed by atoms with E-state index in [4.69, 9.17) is 11.1 Å². The number of benzene rings is 1. The Hall–Kier alpha value is -3.03. The molecule has 0 saturated carbocycles. The fourth-order valence-corrected chi connectivity index (χ4v) is 4.37. The van der Waals surface area contributed by atoms with Crippen LogP contribution >= 0.6 is 0 Å². The van der Waals surface area contributed by atoms with Crippen LogP contribution in [0.4, 0.5) is 0 Å². The van der Waals surface area contributed by atoms with E-state index >= 15 is 0 Å². The van der Waals surface area contributed by atoms with E-state index < -0.39 is 40.0 Å². The Balaban J connectivity index is 2.98. The number of amides is 3. The highest BCUT2D eigenvalue weighted by Crippen LogP contribution is 2.07. The van der Waals surface area contributed by atoms with Gasteiger partial charge in [0, 0.05) is 32.6 Å². The van der Waals surface area contributed by atoms with Crippen LogP contribution in [0.3, 0.4) is 0 Å². The quantitative estimate of drug-likeness (QED) is 0.136. The number of amidine groups is 1. The average molecular weight is 513 g/mol. The molecule has 1 aromatic carbocycles. The first kappa shape index (κ1) is 30.0. The molecule has 196 valence electrons. The number of aliphatic hydroxyl groups excluding tert-OH is 1. The van der Waals surface area contributed by atoms with Crippen molar-refractivity contribution in [2.45, 2.75) is 57.8 Å². The van der Waals surface area contributed by atoms with Crippen molar-refractivity contribution in [3.05, 3.63) is 35.4 Å². The first-order valence-corrected chi connectivity index (χ1v) is 12.8. The smallest absolute Gasteiger partial charge is 0.242 e. The van der Waals surface area contributed by atoms with Crippen LogP contribution in [0.2, 0.25) is 0 Å². The summed E-state index contributed by atoms with van der Waals surface area (Å²) in [6.45, 7) is 3.02. The summed E-state index contributed by atoms with van der Waals surface area (Å²) in [5.74, 6) is -2.04. The van der Waals surface area contributed by atoms with Gasteiger partial charge in [0.15, 0.2) is 0 Å². The fourth-order valence-electron chi connectivity index (χ4n) is 3.03. The van der Waals surface area contributed by atoms with E-state index in [1.54, 1.807) is 45.3 Å². The summed E-state index contributed by atoms with van der Waals surface area (Å²) in [7, 11) is -0.702. The Morgan fingerprint density at radius 2 is 1.74 bits per heavy atom. The molecule has 35 heavy (non-hydrogen) atoms. The lowest BCUT2D eigenvalue weighted by Crippen LogP contribution is -2.57. The maximum atomic E-state index is 12.9. The number of sulfonamides is 1. The van der Waals surface area contributed by atoms with Gasteiger partial charge in [-0.2, -0.15) is 0 Å². The van der Waals surface area contributed by atoms with Crippen molar-refractivity contribution in [2.75, 3.05) is 19.8 Å². The number of nitrogens with one attached hydrogen (secondary N) is 4. The third-order valence-corrected chi connectivity index (χ3v) is 6.61. The second-order valence-corrected chi connectivity index (χ2v) is 10.2. The second-order valence-electron chi connectivity index (χ2n) is 8.37. The van der Waals surface area contributed by atoms with Gasteiger partial charge in [0.05, 0.1) is 11.9 Å². The molecule has 1 rings (SSSR count). The van der Waals surface area contributed by atoms with Crippen molar-refractivity contribution < 1.29 is 27.9 Å². The highest BCUT2D eigenvalue weighted by atomic mass is 32.2. The van der Waals surface area contributed by atoms with Gasteiger partial charge in [-0.05, 0) is 25.3 Å². The molecule has 7 N–H and O–H groups in total. The number of carbonyl (C=O) groups is 3. The number of hydrogen-bond donors (Lipinski definition) is 6. The molecule has 0 spiro atoms. The molecule has 0 aliphatic rings. The molecule has 13 heteroatoms. The van der Waals surface area contributed by atoms with E-state index in [-0.39, 0.29) is 36.9 Å². The molecule has 3 unspecified atom stereocenters. The van der Waals surface area contributed by atoms with Gasteiger partial charge < -0.3 is 26.4 Å². The van der Waals surface area contributed by atoms with Crippen LogP contribution in [0.1, 0.15) is 44.2 Å². The molecule has 0 bridgehead atoms. The summed E-state index contributed by atoms with van der Waals surface area (Å²) in [5.41, 5.74) is 6.68. The molecule has 1 aromatic rings. The van der Waals surface area contributed by atoms with E-state index in [0.29, 0.717) is 17.5 Å². The summed E-state index contributed by atoms with van der Waals surface area (Å²) >= 11 is 0. The first-order valence-electron chi connectivity index (χ1n) is 11.2. The van der Waals surface area contributed by atoms with Crippen molar-refractivity contribution in [3.63, 3.8) is 0 Å². The Labute approximate surface area is 206 Å². The maximum Gasteiger partial charge on any atom is 0.242 e. The number of hydrogen-bond acceptors (Lipinski definition) is 7.